The van der Waals surface area contributed by atoms with Crippen molar-refractivity contribution in [3.63, 3.8) is 0 Å². The first kappa shape index (κ1) is 9.89. The summed E-state index contributed by atoms with van der Waals surface area (Å²) < 4.78 is 7.04. The Hall–Kier alpha value is -1.65. The molecule has 0 N–H and O–H groups in total. The maximum absolute atomic E-state index is 5.19. The van der Waals surface area contributed by atoms with E-state index in [0.717, 1.165) is 11.3 Å². The van der Waals surface area contributed by atoms with Crippen molar-refractivity contribution in [1.29, 1.82) is 0 Å². The average Bonchev–Trinajstić information content (AvgIpc) is 2.68. The van der Waals surface area contributed by atoms with Crippen LogP contribution in [-0.2, 0) is 12.5 Å². The molecule has 0 radical (unpaired) electrons. The number of nitrogens with zero attached hydrogens (tertiary/aromatic N) is 4. The van der Waals surface area contributed by atoms with Gasteiger partial charge in [-0.1, -0.05) is 20.8 Å². The van der Waals surface area contributed by atoms with Crippen molar-refractivity contribution in [3.8, 4) is 11.5 Å². The van der Waals surface area contributed by atoms with Gasteiger partial charge in [0.1, 0.15) is 0 Å². The first-order chi connectivity index (χ1) is 7.00. The summed E-state index contributed by atoms with van der Waals surface area (Å²) in [7, 11) is 1.92. The third-order valence-electron chi connectivity index (χ3n) is 2.24. The van der Waals surface area contributed by atoms with E-state index >= 15 is 0 Å². The second-order valence-corrected chi connectivity index (χ2v) is 4.52. The van der Waals surface area contributed by atoms with Gasteiger partial charge in [0.15, 0.2) is 0 Å². The van der Waals surface area contributed by atoms with Gasteiger partial charge < -0.3 is 4.42 Å². The molecule has 0 saturated carbocycles. The normalized spacial score (nSPS) is 12.0. The van der Waals surface area contributed by atoms with Crippen molar-refractivity contribution in [1.82, 2.24) is 20.0 Å². The average molecular weight is 206 g/mol. The molecule has 0 aliphatic heterocycles. The highest BCUT2D eigenvalue weighted by Gasteiger charge is 2.25. The van der Waals surface area contributed by atoms with Gasteiger partial charge in [0.25, 0.3) is 5.89 Å². The van der Waals surface area contributed by atoms with Gasteiger partial charge in [-0.15, -0.1) is 10.2 Å². The fraction of sp³-hybridized carbons (Fsp3) is 0.500. The molecule has 0 saturated heterocycles. The lowest BCUT2D eigenvalue weighted by molar-refractivity contribution is 0.518. The Morgan fingerprint density at radius 3 is 2.60 bits per heavy atom. The third kappa shape index (κ3) is 1.65. The third-order valence-corrected chi connectivity index (χ3v) is 2.24. The summed E-state index contributed by atoms with van der Waals surface area (Å²) >= 11 is 0. The molecule has 15 heavy (non-hydrogen) atoms. The zero-order chi connectivity index (χ0) is 11.1. The summed E-state index contributed by atoms with van der Waals surface area (Å²) in [6.07, 6.45) is 3.09. The molecule has 5 heteroatoms. The van der Waals surface area contributed by atoms with E-state index < -0.39 is 0 Å². The predicted molar refractivity (Wildman–Crippen MR) is 55.2 cm³/mol. The summed E-state index contributed by atoms with van der Waals surface area (Å²) in [4.78, 5) is 0. The van der Waals surface area contributed by atoms with E-state index in [2.05, 4.69) is 36.1 Å². The SMILES string of the molecule is Cn1ncc(-c2nnco2)c1C(C)(C)C. The van der Waals surface area contributed by atoms with Crippen LogP contribution in [0.1, 0.15) is 26.5 Å². The molecule has 0 aromatic carbocycles. The Labute approximate surface area is 88.1 Å². The Bertz CT molecular complexity index is 450. The second-order valence-electron chi connectivity index (χ2n) is 4.52. The molecule has 0 fully saturated rings. The highest BCUT2D eigenvalue weighted by atomic mass is 16.4. The van der Waals surface area contributed by atoms with Crippen molar-refractivity contribution >= 4 is 0 Å². The van der Waals surface area contributed by atoms with Crippen LogP contribution in [0.15, 0.2) is 17.0 Å². The highest BCUT2D eigenvalue weighted by molar-refractivity contribution is 5.56. The fourth-order valence-electron chi connectivity index (χ4n) is 1.77. The van der Waals surface area contributed by atoms with E-state index in [0.29, 0.717) is 5.89 Å². The minimum absolute atomic E-state index is 0.00491. The van der Waals surface area contributed by atoms with Gasteiger partial charge >= 0.3 is 0 Å². The summed E-state index contributed by atoms with van der Waals surface area (Å²) in [5.41, 5.74) is 1.99. The molecule has 2 aromatic rings. The smallest absolute Gasteiger partial charge is 0.250 e. The van der Waals surface area contributed by atoms with Gasteiger partial charge in [-0.25, -0.2) is 0 Å². The standard InChI is InChI=1S/C10H14N4O/c1-10(2,3)8-7(5-12-14(8)4)9-13-11-6-15-9/h5-6H,1-4H3. The number of hydrogen-bond donors (Lipinski definition) is 0. The van der Waals surface area contributed by atoms with Gasteiger partial charge in [0, 0.05) is 12.5 Å². The van der Waals surface area contributed by atoms with Crippen molar-refractivity contribution in [2.24, 2.45) is 7.05 Å². The molecule has 0 atom stereocenters. The van der Waals surface area contributed by atoms with Gasteiger partial charge in [0.2, 0.25) is 6.39 Å². The maximum atomic E-state index is 5.19. The minimum atomic E-state index is -0.00491. The largest absolute Gasteiger partial charge is 0.423 e. The first-order valence-corrected chi connectivity index (χ1v) is 4.79. The van der Waals surface area contributed by atoms with Gasteiger partial charge in [0.05, 0.1) is 17.5 Å². The lowest BCUT2D eigenvalue weighted by atomic mass is 9.89. The lowest BCUT2D eigenvalue weighted by Gasteiger charge is -2.19. The van der Waals surface area contributed by atoms with Crippen LogP contribution in [0.4, 0.5) is 0 Å². The van der Waals surface area contributed by atoms with E-state index in [1.165, 1.54) is 6.39 Å². The topological polar surface area (TPSA) is 56.7 Å². The van der Waals surface area contributed by atoms with Crippen molar-refractivity contribution < 1.29 is 4.42 Å². The number of rotatable bonds is 1. The Balaban J connectivity index is 2.59. The van der Waals surface area contributed by atoms with Gasteiger partial charge in [-0.05, 0) is 0 Å². The fourth-order valence-corrected chi connectivity index (χ4v) is 1.77. The van der Waals surface area contributed by atoms with Crippen molar-refractivity contribution in [3.05, 3.63) is 18.3 Å². The van der Waals surface area contributed by atoms with E-state index in [4.69, 9.17) is 4.42 Å². The zero-order valence-electron chi connectivity index (χ0n) is 9.35. The van der Waals surface area contributed by atoms with Crippen LogP contribution in [0, 0.1) is 0 Å². The quantitative estimate of drug-likeness (QED) is 0.713. The van der Waals surface area contributed by atoms with Crippen LogP contribution in [-0.4, -0.2) is 20.0 Å². The second kappa shape index (κ2) is 3.18. The molecule has 0 unspecified atom stereocenters. The Morgan fingerprint density at radius 1 is 1.33 bits per heavy atom. The van der Waals surface area contributed by atoms with E-state index in [9.17, 15) is 0 Å². The summed E-state index contributed by atoms with van der Waals surface area (Å²) in [6.45, 7) is 6.39. The van der Waals surface area contributed by atoms with Crippen LogP contribution in [0.3, 0.4) is 0 Å². The molecule has 0 spiro atoms. The van der Waals surface area contributed by atoms with Crippen LogP contribution in [0.2, 0.25) is 0 Å². The molecule has 80 valence electrons. The lowest BCUT2D eigenvalue weighted by Crippen LogP contribution is -2.17. The Kier molecular flexibility index (Phi) is 2.10. The summed E-state index contributed by atoms with van der Waals surface area (Å²) in [5, 5.41) is 11.8. The molecular weight excluding hydrogens is 192 g/mol. The molecule has 2 heterocycles. The van der Waals surface area contributed by atoms with E-state index in [-0.39, 0.29) is 5.41 Å². The van der Waals surface area contributed by atoms with Crippen molar-refractivity contribution in [2.75, 3.05) is 0 Å². The molecule has 0 aliphatic carbocycles. The minimum Gasteiger partial charge on any atom is -0.423 e. The molecule has 5 nitrogen and oxygen atoms in total. The molecular formula is C10H14N4O. The van der Waals surface area contributed by atoms with E-state index in [1.807, 2.05) is 11.7 Å². The molecule has 0 amide bonds. The molecule has 0 bridgehead atoms. The zero-order valence-corrected chi connectivity index (χ0v) is 9.35. The summed E-state index contributed by atoms with van der Waals surface area (Å²) in [5.74, 6) is 0.521. The van der Waals surface area contributed by atoms with E-state index in [1.54, 1.807) is 6.20 Å². The number of aromatic nitrogens is 4. The molecule has 0 aliphatic rings. The number of hydrogen-bond acceptors (Lipinski definition) is 4. The Morgan fingerprint density at radius 2 is 2.07 bits per heavy atom. The van der Waals surface area contributed by atoms with Gasteiger partial charge in [-0.2, -0.15) is 5.10 Å². The molecule has 2 aromatic heterocycles. The monoisotopic (exact) mass is 206 g/mol. The number of aryl methyl sites for hydroxylation is 1. The van der Waals surface area contributed by atoms with Crippen molar-refractivity contribution in [2.45, 2.75) is 26.2 Å². The summed E-state index contributed by atoms with van der Waals surface area (Å²) in [6, 6.07) is 0. The van der Waals surface area contributed by atoms with Crippen LogP contribution in [0.5, 0.6) is 0 Å². The predicted octanol–water partition coefficient (Wildman–Crippen LogP) is 1.77. The molecule has 2 rings (SSSR count). The van der Waals surface area contributed by atoms with Gasteiger partial charge in [-0.3, -0.25) is 4.68 Å². The van der Waals surface area contributed by atoms with Crippen LogP contribution < -0.4 is 0 Å². The van der Waals surface area contributed by atoms with Crippen LogP contribution >= 0.6 is 0 Å². The maximum Gasteiger partial charge on any atom is 0.250 e. The first-order valence-electron chi connectivity index (χ1n) is 4.79. The highest BCUT2D eigenvalue weighted by Crippen LogP contribution is 2.31. The van der Waals surface area contributed by atoms with Crippen LogP contribution in [0.25, 0.3) is 11.5 Å².